The number of nitrogens with zero attached hydrogens (tertiary/aromatic N) is 3. The maximum Gasteiger partial charge on any atom is 0.0982 e. The average Bonchev–Trinajstić information content (AvgIpc) is 3.12. The summed E-state index contributed by atoms with van der Waals surface area (Å²) in [7, 11) is 0. The Kier molecular flexibility index (Phi) is 4.91. The number of aromatic nitrogens is 2. The lowest BCUT2D eigenvalue weighted by atomic mass is 10.1. The highest BCUT2D eigenvalue weighted by atomic mass is 16.5. The van der Waals surface area contributed by atoms with Gasteiger partial charge in [0, 0.05) is 31.4 Å². The second-order valence-electron chi connectivity index (χ2n) is 6.54. The lowest BCUT2D eigenvalue weighted by Gasteiger charge is -2.32. The normalized spacial score (nSPS) is 18.3. The fraction of sp³-hybridized carbons (Fsp3) is 0.286. The van der Waals surface area contributed by atoms with E-state index in [4.69, 9.17) is 4.74 Å². The highest BCUT2D eigenvalue weighted by molar-refractivity contribution is 5.17. The van der Waals surface area contributed by atoms with Crippen molar-refractivity contribution in [3.63, 3.8) is 0 Å². The number of morpholine rings is 1. The van der Waals surface area contributed by atoms with E-state index >= 15 is 0 Å². The van der Waals surface area contributed by atoms with E-state index in [9.17, 15) is 0 Å². The van der Waals surface area contributed by atoms with Gasteiger partial charge in [-0.05, 0) is 11.1 Å². The Morgan fingerprint density at radius 3 is 2.32 bits per heavy atom. The van der Waals surface area contributed by atoms with Crippen molar-refractivity contribution in [2.45, 2.75) is 19.2 Å². The minimum absolute atomic E-state index is 0.0991. The average molecular weight is 333 g/mol. The largest absolute Gasteiger partial charge is 0.371 e. The quantitative estimate of drug-likeness (QED) is 0.716. The molecule has 1 aliphatic heterocycles. The van der Waals surface area contributed by atoms with Crippen molar-refractivity contribution >= 4 is 0 Å². The van der Waals surface area contributed by atoms with E-state index in [2.05, 4.69) is 70.8 Å². The molecule has 1 fully saturated rings. The van der Waals surface area contributed by atoms with Crippen molar-refractivity contribution in [1.29, 1.82) is 0 Å². The third-order valence-corrected chi connectivity index (χ3v) is 4.61. The Morgan fingerprint density at radius 1 is 0.920 bits per heavy atom. The number of hydrogen-bond acceptors (Lipinski definition) is 3. The number of ether oxygens (including phenoxy) is 1. The molecule has 1 aliphatic rings. The molecule has 3 aromatic rings. The van der Waals surface area contributed by atoms with Gasteiger partial charge in [-0.3, -0.25) is 9.58 Å². The summed E-state index contributed by atoms with van der Waals surface area (Å²) in [5.41, 5.74) is 3.77. The van der Waals surface area contributed by atoms with Crippen LogP contribution < -0.4 is 0 Å². The van der Waals surface area contributed by atoms with Gasteiger partial charge in [0.05, 0.1) is 25.5 Å². The summed E-state index contributed by atoms with van der Waals surface area (Å²) in [6.45, 7) is 4.41. The Labute approximate surface area is 148 Å². The van der Waals surface area contributed by atoms with E-state index < -0.39 is 0 Å². The number of benzene rings is 2. The van der Waals surface area contributed by atoms with Crippen LogP contribution in [0, 0.1) is 0 Å². The predicted octanol–water partition coefficient (Wildman–Crippen LogP) is 3.50. The molecule has 0 N–H and O–H groups in total. The standard InChI is InChI=1S/C21H23N3O/c1-3-7-18(8-4-1)14-23-11-12-25-21(17-23)20-13-22-24(16-20)15-19-9-5-2-6-10-19/h1-10,13,16,21H,11-12,14-15,17H2. The first kappa shape index (κ1) is 16.1. The molecule has 0 aliphatic carbocycles. The minimum Gasteiger partial charge on any atom is -0.371 e. The van der Waals surface area contributed by atoms with E-state index in [1.807, 2.05) is 16.9 Å². The SMILES string of the molecule is c1ccc(CN2CCOC(c3cnn(Cc4ccccc4)c3)C2)cc1. The lowest BCUT2D eigenvalue weighted by Crippen LogP contribution is -2.37. The van der Waals surface area contributed by atoms with Gasteiger partial charge in [-0.2, -0.15) is 5.10 Å². The fourth-order valence-corrected chi connectivity index (χ4v) is 3.29. The van der Waals surface area contributed by atoms with Crippen LogP contribution in [-0.4, -0.2) is 34.4 Å². The molecule has 4 rings (SSSR count). The summed E-state index contributed by atoms with van der Waals surface area (Å²) in [5.74, 6) is 0. The molecule has 1 unspecified atom stereocenters. The molecule has 0 saturated carbocycles. The Hall–Kier alpha value is -2.43. The molecule has 128 valence electrons. The first-order chi connectivity index (χ1) is 12.4. The second-order valence-corrected chi connectivity index (χ2v) is 6.54. The molecule has 1 saturated heterocycles. The first-order valence-electron chi connectivity index (χ1n) is 8.81. The smallest absolute Gasteiger partial charge is 0.0982 e. The summed E-state index contributed by atoms with van der Waals surface area (Å²) in [6, 6.07) is 21.0. The number of rotatable bonds is 5. The van der Waals surface area contributed by atoms with Crippen molar-refractivity contribution in [2.24, 2.45) is 0 Å². The van der Waals surface area contributed by atoms with Crippen LogP contribution in [0.3, 0.4) is 0 Å². The summed E-state index contributed by atoms with van der Waals surface area (Å²) in [4.78, 5) is 2.46. The van der Waals surface area contributed by atoms with E-state index in [0.717, 1.165) is 38.3 Å². The molecule has 4 heteroatoms. The van der Waals surface area contributed by atoms with Crippen molar-refractivity contribution < 1.29 is 4.74 Å². The van der Waals surface area contributed by atoms with Crippen LogP contribution >= 0.6 is 0 Å². The topological polar surface area (TPSA) is 30.3 Å². The van der Waals surface area contributed by atoms with Crippen LogP contribution in [0.2, 0.25) is 0 Å². The van der Waals surface area contributed by atoms with E-state index in [0.29, 0.717) is 0 Å². The fourth-order valence-electron chi connectivity index (χ4n) is 3.29. The summed E-state index contributed by atoms with van der Waals surface area (Å²) in [6.07, 6.45) is 4.16. The van der Waals surface area contributed by atoms with Gasteiger partial charge in [0.25, 0.3) is 0 Å². The van der Waals surface area contributed by atoms with Crippen LogP contribution in [0.4, 0.5) is 0 Å². The molecule has 2 heterocycles. The molecular formula is C21H23N3O. The molecular weight excluding hydrogens is 310 g/mol. The van der Waals surface area contributed by atoms with E-state index in [1.54, 1.807) is 0 Å². The van der Waals surface area contributed by atoms with Gasteiger partial charge in [-0.25, -0.2) is 0 Å². The van der Waals surface area contributed by atoms with Crippen LogP contribution in [0.1, 0.15) is 22.8 Å². The van der Waals surface area contributed by atoms with Gasteiger partial charge >= 0.3 is 0 Å². The summed E-state index contributed by atoms with van der Waals surface area (Å²) < 4.78 is 7.99. The Morgan fingerprint density at radius 2 is 1.60 bits per heavy atom. The highest BCUT2D eigenvalue weighted by Crippen LogP contribution is 2.23. The van der Waals surface area contributed by atoms with Crippen molar-refractivity contribution in [1.82, 2.24) is 14.7 Å². The molecule has 0 amide bonds. The molecule has 0 radical (unpaired) electrons. The van der Waals surface area contributed by atoms with Crippen molar-refractivity contribution in [2.75, 3.05) is 19.7 Å². The third-order valence-electron chi connectivity index (χ3n) is 4.61. The molecule has 0 bridgehead atoms. The Bertz CT molecular complexity index is 785. The van der Waals surface area contributed by atoms with Crippen LogP contribution in [-0.2, 0) is 17.8 Å². The highest BCUT2D eigenvalue weighted by Gasteiger charge is 2.23. The van der Waals surface area contributed by atoms with Gasteiger partial charge in [0.15, 0.2) is 0 Å². The molecule has 1 aromatic heterocycles. The first-order valence-corrected chi connectivity index (χ1v) is 8.81. The van der Waals surface area contributed by atoms with Crippen LogP contribution in [0.25, 0.3) is 0 Å². The second kappa shape index (κ2) is 7.64. The third kappa shape index (κ3) is 4.16. The molecule has 4 nitrogen and oxygen atoms in total. The van der Waals surface area contributed by atoms with Gasteiger partial charge in [-0.1, -0.05) is 60.7 Å². The minimum atomic E-state index is 0.0991. The zero-order valence-corrected chi connectivity index (χ0v) is 14.3. The lowest BCUT2D eigenvalue weighted by molar-refractivity contribution is -0.0329. The van der Waals surface area contributed by atoms with Crippen LogP contribution in [0.15, 0.2) is 73.1 Å². The van der Waals surface area contributed by atoms with Gasteiger partial charge in [-0.15, -0.1) is 0 Å². The van der Waals surface area contributed by atoms with E-state index in [-0.39, 0.29) is 6.10 Å². The van der Waals surface area contributed by atoms with Crippen LogP contribution in [0.5, 0.6) is 0 Å². The maximum atomic E-state index is 6.00. The summed E-state index contributed by atoms with van der Waals surface area (Å²) >= 11 is 0. The van der Waals surface area contributed by atoms with Crippen molar-refractivity contribution in [3.05, 3.63) is 89.7 Å². The molecule has 2 aromatic carbocycles. The van der Waals surface area contributed by atoms with Gasteiger partial charge in [0.2, 0.25) is 0 Å². The zero-order valence-electron chi connectivity index (χ0n) is 14.3. The number of hydrogen-bond donors (Lipinski definition) is 0. The maximum absolute atomic E-state index is 6.00. The van der Waals surface area contributed by atoms with Crippen molar-refractivity contribution in [3.8, 4) is 0 Å². The Balaban J connectivity index is 1.40. The predicted molar refractivity (Wildman–Crippen MR) is 98.2 cm³/mol. The summed E-state index contributed by atoms with van der Waals surface area (Å²) in [5, 5.41) is 4.51. The molecule has 0 spiro atoms. The molecule has 1 atom stereocenters. The van der Waals surface area contributed by atoms with Gasteiger partial charge in [0.1, 0.15) is 0 Å². The molecule has 25 heavy (non-hydrogen) atoms. The van der Waals surface area contributed by atoms with Gasteiger partial charge < -0.3 is 4.74 Å². The zero-order chi connectivity index (χ0) is 16.9. The monoisotopic (exact) mass is 333 g/mol. The van der Waals surface area contributed by atoms with E-state index in [1.165, 1.54) is 11.1 Å².